The lowest BCUT2D eigenvalue weighted by molar-refractivity contribution is -0.197. The SMILES string of the molecule is COCCOCCOCCOCCOCCOCCOCCOCCOCCOCCOCCOCCOCCOCCOCCOCCOCCOCCOCCOCCOCCOCCOCCOCCNC(=O)CCCCC[N+]1=c2cc3c(cc2C(C)CC1(C)C)=C(c1ccc(S(=O)(=O)O)cc1S(=O)(=O)[O-])c1cc2c(cc1O3)N(CCCCCC(=O)ON1C(=O)CCC1=O)C(C)(C)CC2C. The van der Waals surface area contributed by atoms with E-state index in [1.807, 2.05) is 24.3 Å². The van der Waals surface area contributed by atoms with Gasteiger partial charge in [-0.25, -0.2) is 17.8 Å². The second-order valence-electron chi connectivity index (χ2n) is 34.1. The summed E-state index contributed by atoms with van der Waals surface area (Å²) < 4.78 is 217. The number of methoxy groups -OCH3 is 1. The van der Waals surface area contributed by atoms with Crippen LogP contribution in [0.15, 0.2) is 52.3 Å². The minimum atomic E-state index is -5.37. The van der Waals surface area contributed by atoms with E-state index in [2.05, 4.69) is 56.3 Å². The Hall–Kier alpha value is -6.13. The third-order valence-electron chi connectivity index (χ3n) is 22.5. The molecule has 7 rings (SSSR count). The van der Waals surface area contributed by atoms with E-state index in [1.54, 1.807) is 7.11 Å². The maximum Gasteiger partial charge on any atom is 0.333 e. The molecule has 2 N–H and O–H groups in total. The van der Waals surface area contributed by atoms with Crippen LogP contribution < -0.4 is 30.1 Å². The quantitative estimate of drug-likeness (QED) is 0.0224. The molecular formula is C96H156N4O36S2. The van der Waals surface area contributed by atoms with E-state index >= 15 is 0 Å². The largest absolute Gasteiger partial charge is 0.744 e. The fraction of sp³-hybridized carbons (Fsp3) is 0.760. The summed E-state index contributed by atoms with van der Waals surface area (Å²) in [5.74, 6) is -1.07. The Morgan fingerprint density at radius 3 is 1.17 bits per heavy atom. The molecule has 1 saturated heterocycles. The predicted molar refractivity (Wildman–Crippen MR) is 504 cm³/mol. The average Bonchev–Trinajstić information content (AvgIpc) is 0.725. The molecule has 0 radical (unpaired) electrons. The number of hydroxylamine groups is 2. The third kappa shape index (κ3) is 48.0. The second kappa shape index (κ2) is 70.6. The highest BCUT2D eigenvalue weighted by molar-refractivity contribution is 7.86. The first kappa shape index (κ1) is 119. The molecule has 4 heterocycles. The maximum atomic E-state index is 13.3. The van der Waals surface area contributed by atoms with Gasteiger partial charge >= 0.3 is 5.97 Å². The van der Waals surface area contributed by atoms with Crippen LogP contribution in [0.2, 0.25) is 0 Å². The molecule has 1 fully saturated rings. The van der Waals surface area contributed by atoms with Crippen LogP contribution in [0.25, 0.3) is 5.57 Å². The molecule has 4 aliphatic heterocycles. The molecule has 0 bridgehead atoms. The fourth-order valence-corrected chi connectivity index (χ4v) is 17.0. The maximum absolute atomic E-state index is 13.3. The van der Waals surface area contributed by atoms with Crippen LogP contribution in [0, 0.1) is 0 Å². The van der Waals surface area contributed by atoms with Crippen molar-refractivity contribution < 1.29 is 168 Å². The number of nitrogens with one attached hydrogen (secondary N) is 1. The number of unbranched alkanes of at least 4 members (excludes halogenated alkanes) is 4. The normalized spacial score (nSPS) is 15.7. The number of amides is 3. The van der Waals surface area contributed by atoms with E-state index < -0.39 is 47.8 Å². The standard InChI is InChI=1S/C96H156N4O36S2/c1-77-75-95(3,4)98(85-73-87-83(71-81(77)85)94(80-17-16-79(137(105,106)107)70-89(80)138(108,109)110)84-72-82-78(2)76-96(5,6)99(86(82)74-88(84)135-87)22-13-9-11-15-93(104)136-100-91(102)18-19-92(100)103)21-12-8-10-14-90(101)97-20-23-112-26-27-114-30-31-116-34-35-118-38-39-120-42-43-122-46-47-124-50-51-126-54-55-128-58-59-130-62-63-132-66-67-134-69-68-133-65-64-131-61-60-129-57-56-127-53-52-125-49-48-123-45-44-121-41-40-119-37-36-117-33-32-115-29-28-113-25-24-111-7/h16-17,70-74,77-78H,8-15,18-69,75-76H2,1-7H3,(H2-,97,101,105,106,107,108,109,110). The number of rotatable bonds is 88. The van der Waals surface area contributed by atoms with Crippen LogP contribution >= 0.6 is 0 Å². The minimum Gasteiger partial charge on any atom is -0.744 e. The summed E-state index contributed by atoms with van der Waals surface area (Å²) in [6, 6.07) is 10.9. The molecule has 2 unspecified atom stereocenters. The Morgan fingerprint density at radius 1 is 0.435 bits per heavy atom. The first-order chi connectivity index (χ1) is 66.9. The first-order valence-electron chi connectivity index (χ1n) is 48.6. The van der Waals surface area contributed by atoms with Crippen molar-refractivity contribution in [3.63, 3.8) is 0 Å². The Kier molecular flexibility index (Phi) is 60.8. The van der Waals surface area contributed by atoms with E-state index in [1.165, 1.54) is 6.07 Å². The van der Waals surface area contributed by atoms with E-state index in [4.69, 9.17) is 123 Å². The van der Waals surface area contributed by atoms with Crippen molar-refractivity contribution in [1.82, 2.24) is 15.0 Å². The lowest BCUT2D eigenvalue weighted by Gasteiger charge is -2.48. The number of carbonyl (C=O) groups excluding carboxylic acids is 4. The van der Waals surface area contributed by atoms with E-state index in [0.29, 0.717) is 401 Å². The van der Waals surface area contributed by atoms with Gasteiger partial charge < -0.3 is 138 Å². The summed E-state index contributed by atoms with van der Waals surface area (Å²) in [7, 11) is -8.67. The number of nitrogens with zero attached hydrogens (tertiary/aromatic N) is 3. The molecule has 0 spiro atoms. The minimum absolute atomic E-state index is 0.00291. The highest BCUT2D eigenvalue weighted by Gasteiger charge is 2.42. The van der Waals surface area contributed by atoms with Gasteiger partial charge in [0.15, 0.2) is 5.54 Å². The molecular weight excluding hydrogens is 1850 g/mol. The van der Waals surface area contributed by atoms with Crippen LogP contribution in [0.5, 0.6) is 11.5 Å². The number of fused-ring (bicyclic) bond motifs is 4. The zero-order valence-corrected chi connectivity index (χ0v) is 84.1. The number of hydrogen-bond acceptors (Lipinski definition) is 36. The van der Waals surface area contributed by atoms with Crippen molar-refractivity contribution in [1.29, 1.82) is 0 Å². The zero-order valence-electron chi connectivity index (χ0n) is 82.4. The molecule has 4 aliphatic rings. The van der Waals surface area contributed by atoms with Gasteiger partial charge in [0.05, 0.1) is 326 Å². The molecule has 3 amide bonds. The molecule has 0 aromatic heterocycles. The van der Waals surface area contributed by atoms with Gasteiger partial charge in [0.2, 0.25) is 11.3 Å². The molecule has 3 aromatic carbocycles. The number of ether oxygens (including phenoxy) is 25. The number of benzene rings is 3. The summed E-state index contributed by atoms with van der Waals surface area (Å²) >= 11 is 0. The summed E-state index contributed by atoms with van der Waals surface area (Å²) in [5.41, 5.74) is 2.86. The average molecular weight is 2010 g/mol. The lowest BCUT2D eigenvalue weighted by atomic mass is 9.78. The van der Waals surface area contributed by atoms with Crippen LogP contribution in [0.4, 0.5) is 5.69 Å². The number of carbonyl (C=O) groups is 4. The van der Waals surface area contributed by atoms with Gasteiger partial charge in [-0.3, -0.25) is 18.9 Å². The van der Waals surface area contributed by atoms with Crippen molar-refractivity contribution in [3.8, 4) is 11.5 Å². The zero-order chi connectivity index (χ0) is 99.0. The van der Waals surface area contributed by atoms with Crippen LogP contribution in [-0.4, -0.2) is 403 Å². The Balaban J connectivity index is 0.601. The fourth-order valence-electron chi connectivity index (χ4n) is 15.7. The molecule has 3 aromatic rings. The summed E-state index contributed by atoms with van der Waals surface area (Å²) in [6.45, 7) is 36.3. The summed E-state index contributed by atoms with van der Waals surface area (Å²) in [4.78, 5) is 55.5. The van der Waals surface area contributed by atoms with Crippen molar-refractivity contribution in [2.24, 2.45) is 0 Å². The summed E-state index contributed by atoms with van der Waals surface area (Å²) in [6.07, 6.45) is 5.77. The predicted octanol–water partition coefficient (Wildman–Crippen LogP) is 5.93. The van der Waals surface area contributed by atoms with Gasteiger partial charge in [-0.1, -0.05) is 26.3 Å². The topological polar surface area (TPSA) is 441 Å². The Morgan fingerprint density at radius 2 is 0.797 bits per heavy atom. The molecule has 138 heavy (non-hydrogen) atoms. The van der Waals surface area contributed by atoms with Crippen molar-refractivity contribution in [2.45, 2.75) is 151 Å². The molecule has 42 heteroatoms. The van der Waals surface area contributed by atoms with E-state index in [9.17, 15) is 45.1 Å². The number of hydrogen-bond donors (Lipinski definition) is 2. The van der Waals surface area contributed by atoms with E-state index in [0.717, 1.165) is 53.9 Å². The molecule has 40 nitrogen and oxygen atoms in total. The van der Waals surface area contributed by atoms with Crippen LogP contribution in [0.3, 0.4) is 0 Å². The van der Waals surface area contributed by atoms with Gasteiger partial charge in [0.1, 0.15) is 28.2 Å². The first-order valence-corrected chi connectivity index (χ1v) is 51.4. The van der Waals surface area contributed by atoms with Gasteiger partial charge in [-0.15, -0.1) is 5.06 Å². The Labute approximate surface area is 814 Å². The summed E-state index contributed by atoms with van der Waals surface area (Å²) in [5, 5.41) is 4.91. The molecule has 0 saturated carbocycles. The third-order valence-corrected chi connectivity index (χ3v) is 24.2. The highest BCUT2D eigenvalue weighted by atomic mass is 32.2. The van der Waals surface area contributed by atoms with Gasteiger partial charge in [0, 0.05) is 103 Å². The van der Waals surface area contributed by atoms with Crippen molar-refractivity contribution in [3.05, 3.63) is 75.3 Å². The number of anilines is 1. The van der Waals surface area contributed by atoms with Crippen molar-refractivity contribution >= 4 is 55.2 Å². The molecule has 788 valence electrons. The van der Waals surface area contributed by atoms with Gasteiger partial charge in [-0.05, 0) is 101 Å². The van der Waals surface area contributed by atoms with Gasteiger partial charge in [0.25, 0.3) is 21.9 Å². The lowest BCUT2D eigenvalue weighted by Crippen LogP contribution is -2.53. The van der Waals surface area contributed by atoms with E-state index in [-0.39, 0.29) is 53.6 Å². The second-order valence-corrected chi connectivity index (χ2v) is 36.9. The number of imide groups is 1. The van der Waals surface area contributed by atoms with Crippen LogP contribution in [-0.2, 0) is 158 Å². The Bertz CT molecular complexity index is 4250. The highest BCUT2D eigenvalue weighted by Crippen LogP contribution is 2.50. The smallest absolute Gasteiger partial charge is 0.333 e. The van der Waals surface area contributed by atoms with Crippen LogP contribution in [0.1, 0.15) is 153 Å². The van der Waals surface area contributed by atoms with Crippen molar-refractivity contribution in [2.75, 3.05) is 342 Å². The molecule has 0 aliphatic carbocycles. The van der Waals surface area contributed by atoms with Gasteiger partial charge in [-0.2, -0.15) is 8.42 Å². The monoisotopic (exact) mass is 2000 g/mol. The molecule has 2 atom stereocenters.